The Kier molecular flexibility index (Phi) is 3.32. The maximum absolute atomic E-state index is 6.55. The molecule has 3 atom stereocenters. The summed E-state index contributed by atoms with van der Waals surface area (Å²) in [6.45, 7) is 8.64. The van der Waals surface area contributed by atoms with Crippen molar-refractivity contribution < 1.29 is 9.31 Å². The van der Waals surface area contributed by atoms with E-state index in [1.165, 1.54) is 37.0 Å². The molecule has 2 heterocycles. The molecule has 0 amide bonds. The fourth-order valence-electron chi connectivity index (χ4n) is 5.48. The second-order valence-corrected chi connectivity index (χ2v) is 9.55. The summed E-state index contributed by atoms with van der Waals surface area (Å²) in [4.78, 5) is 5.04. The third-order valence-electron chi connectivity index (χ3n) is 7.73. The maximum atomic E-state index is 6.55. The Balaban J connectivity index is 1.57. The minimum atomic E-state index is -0.270. The Morgan fingerprint density at radius 2 is 1.77 bits per heavy atom. The summed E-state index contributed by atoms with van der Waals surface area (Å²) in [7, 11) is 2.04. The number of aromatic nitrogens is 2. The van der Waals surface area contributed by atoms with Crippen molar-refractivity contribution in [3.05, 3.63) is 30.1 Å². The SMILES string of the molecule is Cn1c([C@@H]2[C@H]3CCCC[C@]32B2OC(C)(C)C(C)(C)O2)nc2ccccc21. The highest BCUT2D eigenvalue weighted by Crippen LogP contribution is 2.79. The molecule has 1 aromatic heterocycles. The van der Waals surface area contributed by atoms with E-state index in [4.69, 9.17) is 14.3 Å². The highest BCUT2D eigenvalue weighted by atomic mass is 16.7. The Morgan fingerprint density at radius 3 is 2.46 bits per heavy atom. The van der Waals surface area contributed by atoms with Gasteiger partial charge in [0.2, 0.25) is 0 Å². The summed E-state index contributed by atoms with van der Waals surface area (Å²) in [6, 6.07) is 8.45. The predicted octanol–water partition coefficient (Wildman–Crippen LogP) is 4.69. The number of imidazole rings is 1. The van der Waals surface area contributed by atoms with Gasteiger partial charge in [0, 0.05) is 18.3 Å². The van der Waals surface area contributed by atoms with Gasteiger partial charge in [-0.15, -0.1) is 0 Å². The number of hydrogen-bond donors (Lipinski definition) is 0. The van der Waals surface area contributed by atoms with Crippen LogP contribution in [0.1, 0.15) is 65.1 Å². The average Bonchev–Trinajstić information content (AvgIpc) is 3.09. The maximum Gasteiger partial charge on any atom is 0.465 e. The molecule has 0 radical (unpaired) electrons. The summed E-state index contributed by atoms with van der Waals surface area (Å²) in [5.41, 5.74) is 1.77. The fourth-order valence-corrected chi connectivity index (χ4v) is 5.48. The van der Waals surface area contributed by atoms with E-state index >= 15 is 0 Å². The molecule has 3 aliphatic rings. The van der Waals surface area contributed by atoms with E-state index in [0.717, 1.165) is 5.52 Å². The number of para-hydroxylation sites is 2. The lowest BCUT2D eigenvalue weighted by Gasteiger charge is -2.32. The minimum absolute atomic E-state index is 0.0957. The molecule has 2 saturated carbocycles. The second-order valence-electron chi connectivity index (χ2n) is 9.55. The van der Waals surface area contributed by atoms with Gasteiger partial charge in [-0.3, -0.25) is 0 Å². The van der Waals surface area contributed by atoms with Gasteiger partial charge in [0.05, 0.1) is 22.2 Å². The van der Waals surface area contributed by atoms with E-state index < -0.39 is 0 Å². The van der Waals surface area contributed by atoms with Crippen LogP contribution in [-0.4, -0.2) is 27.9 Å². The molecular formula is C21H29BN2O2. The van der Waals surface area contributed by atoms with Gasteiger partial charge < -0.3 is 13.9 Å². The van der Waals surface area contributed by atoms with Gasteiger partial charge in [0.1, 0.15) is 5.82 Å². The van der Waals surface area contributed by atoms with E-state index in [1.54, 1.807) is 0 Å². The van der Waals surface area contributed by atoms with Crippen molar-refractivity contribution in [2.45, 2.75) is 75.8 Å². The van der Waals surface area contributed by atoms with Crippen molar-refractivity contribution in [3.8, 4) is 0 Å². The molecule has 5 rings (SSSR count). The molecule has 138 valence electrons. The smallest absolute Gasteiger partial charge is 0.403 e. The standard InChI is InChI=1S/C21H29BN2O2/c1-19(2)20(3,4)26-22(25-19)21-13-9-8-10-14(21)17(21)18-23-15-11-6-7-12-16(15)24(18)5/h6-7,11-12,14,17H,8-10,13H2,1-5H3/t14-,17+,21+/m1/s1. The molecule has 3 fully saturated rings. The molecular weight excluding hydrogens is 323 g/mol. The zero-order chi connectivity index (χ0) is 18.3. The molecule has 1 aromatic carbocycles. The molecule has 2 aliphatic carbocycles. The zero-order valence-electron chi connectivity index (χ0n) is 16.6. The van der Waals surface area contributed by atoms with E-state index in [-0.39, 0.29) is 23.6 Å². The summed E-state index contributed by atoms with van der Waals surface area (Å²) in [5.74, 6) is 2.28. The van der Waals surface area contributed by atoms with Crippen LogP contribution in [0.4, 0.5) is 0 Å². The van der Waals surface area contributed by atoms with Gasteiger partial charge in [-0.25, -0.2) is 4.98 Å². The first-order chi connectivity index (χ1) is 12.3. The monoisotopic (exact) mass is 352 g/mol. The van der Waals surface area contributed by atoms with Crippen LogP contribution in [0.2, 0.25) is 5.31 Å². The third kappa shape index (κ3) is 2.02. The highest BCUT2D eigenvalue weighted by molar-refractivity contribution is 6.51. The normalized spacial score (nSPS) is 34.9. The van der Waals surface area contributed by atoms with Crippen LogP contribution in [0.3, 0.4) is 0 Å². The summed E-state index contributed by atoms with van der Waals surface area (Å²) in [5, 5.41) is 0.0957. The largest absolute Gasteiger partial charge is 0.465 e. The zero-order valence-corrected chi connectivity index (χ0v) is 16.6. The number of fused-ring (bicyclic) bond motifs is 2. The van der Waals surface area contributed by atoms with E-state index in [9.17, 15) is 0 Å². The highest BCUT2D eigenvalue weighted by Gasteiger charge is 2.76. The second kappa shape index (κ2) is 5.14. The van der Waals surface area contributed by atoms with E-state index in [2.05, 4.69) is 63.6 Å². The Morgan fingerprint density at radius 1 is 1.08 bits per heavy atom. The Bertz CT molecular complexity index is 858. The van der Waals surface area contributed by atoms with Crippen molar-refractivity contribution >= 4 is 18.2 Å². The van der Waals surface area contributed by atoms with Crippen LogP contribution in [0.25, 0.3) is 11.0 Å². The van der Waals surface area contributed by atoms with Crippen LogP contribution in [-0.2, 0) is 16.4 Å². The average molecular weight is 352 g/mol. The molecule has 1 saturated heterocycles. The fraction of sp³-hybridized carbons (Fsp3) is 0.667. The van der Waals surface area contributed by atoms with Crippen molar-refractivity contribution in [1.29, 1.82) is 0 Å². The van der Waals surface area contributed by atoms with Crippen molar-refractivity contribution in [1.82, 2.24) is 9.55 Å². The summed E-state index contributed by atoms with van der Waals surface area (Å²) < 4.78 is 15.4. The van der Waals surface area contributed by atoms with E-state index in [1.807, 2.05) is 0 Å². The quantitative estimate of drug-likeness (QED) is 0.736. The number of rotatable bonds is 2. The molecule has 4 nitrogen and oxygen atoms in total. The number of aryl methyl sites for hydroxylation is 1. The molecule has 0 bridgehead atoms. The van der Waals surface area contributed by atoms with Crippen LogP contribution in [0.5, 0.6) is 0 Å². The van der Waals surface area contributed by atoms with Crippen molar-refractivity contribution in [3.63, 3.8) is 0 Å². The first-order valence-corrected chi connectivity index (χ1v) is 10.0. The third-order valence-corrected chi connectivity index (χ3v) is 7.73. The van der Waals surface area contributed by atoms with Crippen molar-refractivity contribution in [2.75, 3.05) is 0 Å². The minimum Gasteiger partial charge on any atom is -0.403 e. The summed E-state index contributed by atoms with van der Waals surface area (Å²) >= 11 is 0. The number of hydrogen-bond acceptors (Lipinski definition) is 3. The number of nitrogens with zero attached hydrogens (tertiary/aromatic N) is 2. The van der Waals surface area contributed by atoms with Gasteiger partial charge >= 0.3 is 7.12 Å². The van der Waals surface area contributed by atoms with Crippen LogP contribution < -0.4 is 0 Å². The lowest BCUT2D eigenvalue weighted by atomic mass is 9.60. The molecule has 0 N–H and O–H groups in total. The van der Waals surface area contributed by atoms with Gasteiger partial charge in [0.15, 0.2) is 0 Å². The molecule has 1 aliphatic heterocycles. The van der Waals surface area contributed by atoms with Crippen LogP contribution in [0.15, 0.2) is 24.3 Å². The molecule has 0 unspecified atom stereocenters. The molecule has 5 heteroatoms. The first-order valence-electron chi connectivity index (χ1n) is 10.0. The topological polar surface area (TPSA) is 36.3 Å². The van der Waals surface area contributed by atoms with Crippen LogP contribution in [0, 0.1) is 5.92 Å². The molecule has 2 aromatic rings. The Labute approximate surface area is 156 Å². The van der Waals surface area contributed by atoms with Crippen molar-refractivity contribution in [2.24, 2.45) is 13.0 Å². The van der Waals surface area contributed by atoms with Gasteiger partial charge in [0.25, 0.3) is 0 Å². The Hall–Kier alpha value is -1.33. The molecule has 26 heavy (non-hydrogen) atoms. The number of benzene rings is 1. The van der Waals surface area contributed by atoms with Crippen LogP contribution >= 0.6 is 0 Å². The van der Waals surface area contributed by atoms with Gasteiger partial charge in [-0.1, -0.05) is 25.0 Å². The van der Waals surface area contributed by atoms with Gasteiger partial charge in [-0.2, -0.15) is 0 Å². The lowest BCUT2D eigenvalue weighted by molar-refractivity contribution is 0.00578. The predicted molar refractivity (Wildman–Crippen MR) is 104 cm³/mol. The summed E-state index contributed by atoms with van der Waals surface area (Å²) in [6.07, 6.45) is 5.02. The van der Waals surface area contributed by atoms with E-state index in [0.29, 0.717) is 11.8 Å². The first kappa shape index (κ1) is 16.8. The molecule has 0 spiro atoms. The van der Waals surface area contributed by atoms with Gasteiger partial charge in [-0.05, 0) is 58.6 Å². The lowest BCUT2D eigenvalue weighted by Crippen LogP contribution is -2.41.